The average Bonchev–Trinajstić information content (AvgIpc) is 2.74. The zero-order valence-electron chi connectivity index (χ0n) is 17.0. The van der Waals surface area contributed by atoms with Crippen molar-refractivity contribution in [3.8, 4) is 5.75 Å². The van der Waals surface area contributed by atoms with Crippen molar-refractivity contribution in [2.75, 3.05) is 12.4 Å². The Balaban J connectivity index is 1.40. The number of benzene rings is 2. The molecule has 30 heavy (non-hydrogen) atoms. The number of carbonyl (C=O) groups excluding carboxylic acids is 2. The van der Waals surface area contributed by atoms with Crippen LogP contribution >= 0.6 is 0 Å². The largest absolute Gasteiger partial charge is 0.497 e. The van der Waals surface area contributed by atoms with Crippen LogP contribution in [0.1, 0.15) is 37.7 Å². The topological polar surface area (TPSA) is 76.7 Å². The van der Waals surface area contributed by atoms with Crippen LogP contribution in [0.2, 0.25) is 0 Å². The van der Waals surface area contributed by atoms with E-state index in [1.807, 2.05) is 24.3 Å². The zero-order chi connectivity index (χ0) is 21.3. The number of methoxy groups -OCH3 is 1. The van der Waals surface area contributed by atoms with Gasteiger partial charge in [0.15, 0.2) is 0 Å². The summed E-state index contributed by atoms with van der Waals surface area (Å²) in [5, 5.41) is 5.65. The van der Waals surface area contributed by atoms with E-state index in [1.165, 1.54) is 24.3 Å². The van der Waals surface area contributed by atoms with E-state index in [-0.39, 0.29) is 23.9 Å². The number of aryl methyl sites for hydroxylation is 1. The van der Waals surface area contributed by atoms with Crippen molar-refractivity contribution in [2.45, 2.75) is 50.7 Å². The van der Waals surface area contributed by atoms with Gasteiger partial charge in [0.05, 0.1) is 7.11 Å². The minimum absolute atomic E-state index is 0.00719. The maximum atomic E-state index is 12.9. The van der Waals surface area contributed by atoms with Gasteiger partial charge in [-0.05, 0) is 67.6 Å². The van der Waals surface area contributed by atoms with E-state index in [1.54, 1.807) is 7.11 Å². The van der Waals surface area contributed by atoms with Crippen molar-refractivity contribution in [1.29, 1.82) is 0 Å². The molecule has 0 aliphatic heterocycles. The maximum absolute atomic E-state index is 12.9. The van der Waals surface area contributed by atoms with Gasteiger partial charge in [0.1, 0.15) is 17.7 Å². The van der Waals surface area contributed by atoms with Crippen LogP contribution in [-0.4, -0.2) is 31.3 Å². The van der Waals surface area contributed by atoms with Crippen molar-refractivity contribution >= 4 is 17.7 Å². The van der Waals surface area contributed by atoms with Gasteiger partial charge in [-0.3, -0.25) is 10.1 Å². The highest BCUT2D eigenvalue weighted by Crippen LogP contribution is 2.22. The molecule has 6 nitrogen and oxygen atoms in total. The van der Waals surface area contributed by atoms with Crippen molar-refractivity contribution in [2.24, 2.45) is 0 Å². The molecule has 2 atom stereocenters. The summed E-state index contributed by atoms with van der Waals surface area (Å²) < 4.78 is 23.6. The number of amides is 2. The van der Waals surface area contributed by atoms with Gasteiger partial charge in [-0.2, -0.15) is 0 Å². The van der Waals surface area contributed by atoms with Gasteiger partial charge in [0.25, 0.3) is 0 Å². The first kappa shape index (κ1) is 21.6. The number of hydrogen-bond donors (Lipinski definition) is 2. The third-order valence-corrected chi connectivity index (χ3v) is 5.16. The second-order valence-corrected chi connectivity index (χ2v) is 7.44. The van der Waals surface area contributed by atoms with Crippen LogP contribution in [0, 0.1) is 5.82 Å². The van der Waals surface area contributed by atoms with Crippen LogP contribution in [0.4, 0.5) is 14.9 Å². The van der Waals surface area contributed by atoms with E-state index in [0.29, 0.717) is 24.9 Å². The number of ether oxygens (including phenoxy) is 2. The number of carbonyl (C=O) groups is 2. The monoisotopic (exact) mass is 414 g/mol. The lowest BCUT2D eigenvalue weighted by molar-refractivity contribution is -0.122. The highest BCUT2D eigenvalue weighted by atomic mass is 19.1. The lowest BCUT2D eigenvalue weighted by Gasteiger charge is -2.29. The van der Waals surface area contributed by atoms with E-state index in [4.69, 9.17) is 9.47 Å². The van der Waals surface area contributed by atoms with Crippen LogP contribution < -0.4 is 15.4 Å². The molecule has 1 aliphatic rings. The fourth-order valence-corrected chi connectivity index (χ4v) is 3.56. The van der Waals surface area contributed by atoms with Crippen LogP contribution in [0.3, 0.4) is 0 Å². The van der Waals surface area contributed by atoms with Gasteiger partial charge in [0, 0.05) is 24.6 Å². The summed E-state index contributed by atoms with van der Waals surface area (Å²) in [5.74, 6) is 0.416. The third kappa shape index (κ3) is 6.76. The summed E-state index contributed by atoms with van der Waals surface area (Å²) >= 11 is 0. The minimum atomic E-state index is -0.571. The van der Waals surface area contributed by atoms with Crippen LogP contribution in [-0.2, 0) is 16.0 Å². The summed E-state index contributed by atoms with van der Waals surface area (Å²) in [4.78, 5) is 24.4. The molecular formula is C23H27FN2O4. The molecule has 1 fully saturated rings. The molecule has 0 spiro atoms. The first-order chi connectivity index (χ1) is 14.5. The van der Waals surface area contributed by atoms with Gasteiger partial charge >= 0.3 is 6.09 Å². The van der Waals surface area contributed by atoms with Gasteiger partial charge in [-0.25, -0.2) is 9.18 Å². The lowest BCUT2D eigenvalue weighted by Crippen LogP contribution is -2.41. The van der Waals surface area contributed by atoms with Crippen molar-refractivity contribution in [3.05, 3.63) is 59.9 Å². The first-order valence-corrected chi connectivity index (χ1v) is 10.2. The van der Waals surface area contributed by atoms with Crippen LogP contribution in [0.5, 0.6) is 5.75 Å². The van der Waals surface area contributed by atoms with E-state index < -0.39 is 6.09 Å². The molecule has 1 aliphatic carbocycles. The molecule has 2 aromatic carbocycles. The standard InChI is InChI=1S/C23H27FN2O4/c1-29-20-12-5-16(6-13-20)7-14-22(27)25-19-3-2-4-21(15-19)30-23(28)26-18-10-8-17(24)9-11-18/h5-6,8-13,19,21H,2-4,7,14-15H2,1H3,(H,25,27)(H,26,28)/t19-,21+/m1/s1. The summed E-state index contributed by atoms with van der Waals surface area (Å²) in [6.07, 6.45) is 3.32. The van der Waals surface area contributed by atoms with Gasteiger partial charge in [-0.15, -0.1) is 0 Å². The molecule has 2 amide bonds. The fourth-order valence-electron chi connectivity index (χ4n) is 3.56. The second kappa shape index (κ2) is 10.6. The van der Waals surface area contributed by atoms with Gasteiger partial charge in [-0.1, -0.05) is 12.1 Å². The minimum Gasteiger partial charge on any atom is -0.497 e. The van der Waals surface area contributed by atoms with E-state index in [0.717, 1.165) is 30.6 Å². The molecule has 1 saturated carbocycles. The van der Waals surface area contributed by atoms with E-state index in [2.05, 4.69) is 10.6 Å². The number of halogens is 1. The second-order valence-electron chi connectivity index (χ2n) is 7.44. The first-order valence-electron chi connectivity index (χ1n) is 10.2. The molecule has 7 heteroatoms. The molecule has 0 aromatic heterocycles. The van der Waals surface area contributed by atoms with E-state index >= 15 is 0 Å². The van der Waals surface area contributed by atoms with Gasteiger partial charge in [0.2, 0.25) is 5.91 Å². The van der Waals surface area contributed by atoms with Crippen LogP contribution in [0.25, 0.3) is 0 Å². The van der Waals surface area contributed by atoms with Crippen molar-refractivity contribution in [3.63, 3.8) is 0 Å². The fraction of sp³-hybridized carbons (Fsp3) is 0.391. The number of rotatable bonds is 7. The summed E-state index contributed by atoms with van der Waals surface area (Å²) in [6, 6.07) is 13.2. The Morgan fingerprint density at radius 2 is 1.80 bits per heavy atom. The summed E-state index contributed by atoms with van der Waals surface area (Å²) in [5.41, 5.74) is 1.55. The average molecular weight is 414 g/mol. The Kier molecular flexibility index (Phi) is 7.65. The molecule has 2 aromatic rings. The van der Waals surface area contributed by atoms with Crippen molar-refractivity contribution in [1.82, 2.24) is 5.32 Å². The highest BCUT2D eigenvalue weighted by Gasteiger charge is 2.26. The molecule has 0 radical (unpaired) electrons. The summed E-state index contributed by atoms with van der Waals surface area (Å²) in [7, 11) is 1.62. The van der Waals surface area contributed by atoms with Gasteiger partial charge < -0.3 is 14.8 Å². The summed E-state index contributed by atoms with van der Waals surface area (Å²) in [6.45, 7) is 0. The number of anilines is 1. The Morgan fingerprint density at radius 1 is 1.07 bits per heavy atom. The van der Waals surface area contributed by atoms with Crippen molar-refractivity contribution < 1.29 is 23.5 Å². The third-order valence-electron chi connectivity index (χ3n) is 5.16. The molecule has 0 heterocycles. The maximum Gasteiger partial charge on any atom is 0.411 e. The normalized spacial score (nSPS) is 18.3. The van der Waals surface area contributed by atoms with E-state index in [9.17, 15) is 14.0 Å². The molecule has 3 rings (SSSR count). The lowest BCUT2D eigenvalue weighted by atomic mass is 9.92. The Labute approximate surface area is 175 Å². The predicted octanol–water partition coefficient (Wildman–Crippen LogP) is 4.44. The molecule has 2 N–H and O–H groups in total. The Morgan fingerprint density at radius 3 is 2.50 bits per heavy atom. The smallest absolute Gasteiger partial charge is 0.411 e. The zero-order valence-corrected chi connectivity index (χ0v) is 17.0. The molecule has 160 valence electrons. The molecule has 0 bridgehead atoms. The Hall–Kier alpha value is -3.09. The predicted molar refractivity (Wildman–Crippen MR) is 112 cm³/mol. The quantitative estimate of drug-likeness (QED) is 0.702. The highest BCUT2D eigenvalue weighted by molar-refractivity contribution is 5.84. The van der Waals surface area contributed by atoms with Crippen LogP contribution in [0.15, 0.2) is 48.5 Å². The number of nitrogens with one attached hydrogen (secondary N) is 2. The molecule has 0 saturated heterocycles. The molecular weight excluding hydrogens is 387 g/mol. The SMILES string of the molecule is COc1ccc(CCC(=O)N[C@@H]2CCC[C@H](OC(=O)Nc3ccc(F)cc3)C2)cc1. The number of hydrogen-bond acceptors (Lipinski definition) is 4. The molecule has 0 unspecified atom stereocenters. The Bertz CT molecular complexity index is 839.